The van der Waals surface area contributed by atoms with Crippen molar-refractivity contribution in [2.45, 2.75) is 13.3 Å². The molecule has 19 heavy (non-hydrogen) atoms. The number of rotatable bonds is 4. The van der Waals surface area contributed by atoms with Crippen LogP contribution < -0.4 is 10.4 Å². The zero-order valence-electron chi connectivity index (χ0n) is 10.8. The average Bonchev–Trinajstić information content (AvgIpc) is 2.43. The maximum absolute atomic E-state index is 11.7. The molecule has 0 saturated heterocycles. The van der Waals surface area contributed by atoms with E-state index in [0.717, 1.165) is 6.42 Å². The van der Waals surface area contributed by atoms with Crippen molar-refractivity contribution in [3.8, 4) is 5.75 Å². The normalized spacial score (nSPS) is 10.4. The van der Waals surface area contributed by atoms with E-state index >= 15 is 0 Å². The number of carbonyl (C=O) groups is 1. The highest BCUT2D eigenvalue weighted by Gasteiger charge is 2.14. The fraction of sp³-hybridized carbons (Fsp3) is 0.286. The number of benzene rings is 1. The van der Waals surface area contributed by atoms with E-state index in [2.05, 4.69) is 4.74 Å². The van der Waals surface area contributed by atoms with Crippen LogP contribution in [0.1, 0.15) is 23.7 Å². The second-order valence-corrected chi connectivity index (χ2v) is 3.99. The predicted molar refractivity (Wildman–Crippen MR) is 69.6 cm³/mol. The number of carbonyl (C=O) groups excluding carboxylic acids is 1. The highest BCUT2D eigenvalue weighted by molar-refractivity contribution is 5.92. The van der Waals surface area contributed by atoms with Gasteiger partial charge in [-0.3, -0.25) is 0 Å². The summed E-state index contributed by atoms with van der Waals surface area (Å²) in [4.78, 5) is 23.0. The molecule has 1 aromatic carbocycles. The molecule has 0 bridgehead atoms. The van der Waals surface area contributed by atoms with Gasteiger partial charge in [0.05, 0.1) is 13.7 Å². The molecule has 0 amide bonds. The first-order valence-electron chi connectivity index (χ1n) is 5.94. The third kappa shape index (κ3) is 2.76. The predicted octanol–water partition coefficient (Wildman–Crippen LogP) is 2.37. The molecule has 0 aliphatic rings. The van der Waals surface area contributed by atoms with Gasteiger partial charge in [-0.15, -0.1) is 0 Å². The SMILES string of the molecule is CCCOc1ccc2cc(C(=O)OC)c(=O)oc2c1. The number of hydrogen-bond donors (Lipinski definition) is 0. The van der Waals surface area contributed by atoms with Gasteiger partial charge in [-0.05, 0) is 24.6 Å². The molecule has 0 unspecified atom stereocenters. The number of methoxy groups -OCH3 is 1. The maximum atomic E-state index is 11.7. The number of ether oxygens (including phenoxy) is 2. The van der Waals surface area contributed by atoms with E-state index in [-0.39, 0.29) is 5.56 Å². The molecule has 5 nitrogen and oxygen atoms in total. The van der Waals surface area contributed by atoms with Gasteiger partial charge in [-0.1, -0.05) is 6.92 Å². The third-order valence-electron chi connectivity index (χ3n) is 2.59. The molecule has 0 spiro atoms. The van der Waals surface area contributed by atoms with E-state index in [1.54, 1.807) is 18.2 Å². The number of hydrogen-bond acceptors (Lipinski definition) is 5. The third-order valence-corrected chi connectivity index (χ3v) is 2.59. The van der Waals surface area contributed by atoms with E-state index in [4.69, 9.17) is 9.15 Å². The van der Waals surface area contributed by atoms with Gasteiger partial charge in [-0.2, -0.15) is 0 Å². The largest absolute Gasteiger partial charge is 0.493 e. The first-order valence-corrected chi connectivity index (χ1v) is 5.94. The Morgan fingerprint density at radius 1 is 1.32 bits per heavy atom. The Balaban J connectivity index is 2.46. The molecular weight excluding hydrogens is 248 g/mol. The Hall–Kier alpha value is -2.30. The Labute approximate surface area is 109 Å². The van der Waals surface area contributed by atoms with Gasteiger partial charge in [0.1, 0.15) is 16.9 Å². The van der Waals surface area contributed by atoms with Crippen molar-refractivity contribution in [2.24, 2.45) is 0 Å². The first-order chi connectivity index (χ1) is 9.15. The van der Waals surface area contributed by atoms with Crippen LogP contribution in [0.4, 0.5) is 0 Å². The van der Waals surface area contributed by atoms with E-state index in [0.29, 0.717) is 23.3 Å². The second-order valence-electron chi connectivity index (χ2n) is 3.99. The van der Waals surface area contributed by atoms with Crippen molar-refractivity contribution < 1.29 is 18.7 Å². The van der Waals surface area contributed by atoms with E-state index in [1.165, 1.54) is 13.2 Å². The Kier molecular flexibility index (Phi) is 3.85. The Bertz CT molecular complexity index is 656. The Morgan fingerprint density at radius 3 is 2.79 bits per heavy atom. The molecule has 0 aliphatic carbocycles. The van der Waals surface area contributed by atoms with Gasteiger partial charge in [0.15, 0.2) is 0 Å². The summed E-state index contributed by atoms with van der Waals surface area (Å²) in [6.45, 7) is 2.60. The van der Waals surface area contributed by atoms with Crippen molar-refractivity contribution in [1.29, 1.82) is 0 Å². The molecule has 2 aromatic rings. The summed E-state index contributed by atoms with van der Waals surface area (Å²) in [6.07, 6.45) is 0.892. The smallest absolute Gasteiger partial charge is 0.351 e. The van der Waals surface area contributed by atoms with E-state index < -0.39 is 11.6 Å². The van der Waals surface area contributed by atoms with E-state index in [9.17, 15) is 9.59 Å². The van der Waals surface area contributed by atoms with Gasteiger partial charge in [0.25, 0.3) is 0 Å². The maximum Gasteiger partial charge on any atom is 0.351 e. The van der Waals surface area contributed by atoms with Crippen LogP contribution >= 0.6 is 0 Å². The standard InChI is InChI=1S/C14H14O5/c1-3-6-18-10-5-4-9-7-11(13(15)17-2)14(16)19-12(9)8-10/h4-5,7-8H,3,6H2,1-2H3. The van der Waals surface area contributed by atoms with Crippen molar-refractivity contribution in [2.75, 3.05) is 13.7 Å². The van der Waals surface area contributed by atoms with Gasteiger partial charge in [0, 0.05) is 11.5 Å². The zero-order chi connectivity index (χ0) is 13.8. The van der Waals surface area contributed by atoms with Crippen LogP contribution in [-0.4, -0.2) is 19.7 Å². The van der Waals surface area contributed by atoms with Crippen molar-refractivity contribution in [3.05, 3.63) is 40.2 Å². The van der Waals surface area contributed by atoms with Crippen LogP contribution in [0.5, 0.6) is 5.75 Å². The molecule has 0 atom stereocenters. The molecule has 1 heterocycles. The lowest BCUT2D eigenvalue weighted by molar-refractivity contribution is 0.0596. The molecule has 0 radical (unpaired) electrons. The zero-order valence-corrected chi connectivity index (χ0v) is 10.8. The molecular formula is C14H14O5. The fourth-order valence-electron chi connectivity index (χ4n) is 1.65. The summed E-state index contributed by atoms with van der Waals surface area (Å²) >= 11 is 0. The highest BCUT2D eigenvalue weighted by Crippen LogP contribution is 2.20. The summed E-state index contributed by atoms with van der Waals surface area (Å²) < 4.78 is 15.1. The average molecular weight is 262 g/mol. The molecule has 2 rings (SSSR count). The molecule has 5 heteroatoms. The minimum absolute atomic E-state index is 0.114. The highest BCUT2D eigenvalue weighted by atomic mass is 16.5. The lowest BCUT2D eigenvalue weighted by atomic mass is 10.2. The summed E-state index contributed by atoms with van der Waals surface area (Å²) in [5, 5.41) is 0.642. The monoisotopic (exact) mass is 262 g/mol. The molecule has 0 N–H and O–H groups in total. The van der Waals surface area contributed by atoms with Crippen molar-refractivity contribution in [1.82, 2.24) is 0 Å². The Morgan fingerprint density at radius 2 is 2.11 bits per heavy atom. The van der Waals surface area contributed by atoms with Crippen LogP contribution in [0.15, 0.2) is 33.5 Å². The summed E-state index contributed by atoms with van der Waals surface area (Å²) in [6, 6.07) is 6.58. The summed E-state index contributed by atoms with van der Waals surface area (Å²) in [5.74, 6) is -0.0784. The van der Waals surface area contributed by atoms with E-state index in [1.807, 2.05) is 6.92 Å². The van der Waals surface area contributed by atoms with Gasteiger partial charge < -0.3 is 13.9 Å². The first kappa shape index (κ1) is 13.1. The number of fused-ring (bicyclic) bond motifs is 1. The van der Waals surface area contributed by atoms with Gasteiger partial charge >= 0.3 is 11.6 Å². The van der Waals surface area contributed by atoms with Crippen molar-refractivity contribution >= 4 is 16.9 Å². The molecule has 0 saturated carbocycles. The van der Waals surface area contributed by atoms with Crippen LogP contribution in [0, 0.1) is 0 Å². The quantitative estimate of drug-likeness (QED) is 0.625. The van der Waals surface area contributed by atoms with Crippen LogP contribution in [0.2, 0.25) is 0 Å². The van der Waals surface area contributed by atoms with Crippen LogP contribution in [-0.2, 0) is 4.74 Å². The molecule has 0 aliphatic heterocycles. The minimum atomic E-state index is -0.716. The minimum Gasteiger partial charge on any atom is -0.493 e. The van der Waals surface area contributed by atoms with Crippen LogP contribution in [0.25, 0.3) is 11.0 Å². The fourth-order valence-corrected chi connectivity index (χ4v) is 1.65. The van der Waals surface area contributed by atoms with Gasteiger partial charge in [-0.25, -0.2) is 9.59 Å². The summed E-state index contributed by atoms with van der Waals surface area (Å²) in [7, 11) is 1.22. The number of esters is 1. The second kappa shape index (κ2) is 5.56. The lowest BCUT2D eigenvalue weighted by Gasteiger charge is -2.05. The lowest BCUT2D eigenvalue weighted by Crippen LogP contribution is -2.14. The molecule has 100 valence electrons. The molecule has 1 aromatic heterocycles. The molecule has 0 fully saturated rings. The van der Waals surface area contributed by atoms with Gasteiger partial charge in [0.2, 0.25) is 0 Å². The van der Waals surface area contributed by atoms with Crippen molar-refractivity contribution in [3.63, 3.8) is 0 Å². The summed E-state index contributed by atoms with van der Waals surface area (Å²) in [5.41, 5.74) is -0.449. The topological polar surface area (TPSA) is 65.7 Å². The van der Waals surface area contributed by atoms with Crippen LogP contribution in [0.3, 0.4) is 0 Å².